The fourth-order valence-electron chi connectivity index (χ4n) is 2.39. The van der Waals surface area contributed by atoms with Crippen LogP contribution >= 0.6 is 0 Å². The molecule has 0 amide bonds. The highest BCUT2D eigenvalue weighted by Crippen LogP contribution is 2.84. The van der Waals surface area contributed by atoms with Crippen LogP contribution in [0.5, 0.6) is 0 Å². The molecule has 0 bridgehead atoms. The summed E-state index contributed by atoms with van der Waals surface area (Å²) >= 11 is 0. The van der Waals surface area contributed by atoms with Crippen LogP contribution < -0.4 is 0 Å². The first-order chi connectivity index (χ1) is 6.22. The minimum atomic E-state index is -0.210. The van der Waals surface area contributed by atoms with Crippen LogP contribution in [0, 0.1) is 11.2 Å². The van der Waals surface area contributed by atoms with Crippen molar-refractivity contribution in [3.63, 3.8) is 0 Å². The van der Waals surface area contributed by atoms with Crippen molar-refractivity contribution in [3.05, 3.63) is 35.6 Å². The molecular formula is C11H9FO. The van der Waals surface area contributed by atoms with Gasteiger partial charge in [0.05, 0.1) is 0 Å². The predicted octanol–water partition coefficient (Wildman–Crippen LogP) is 2.06. The number of hydrogen-bond acceptors (Lipinski definition) is 1. The molecular weight excluding hydrogens is 167 g/mol. The molecule has 1 aromatic carbocycles. The Labute approximate surface area is 75.6 Å². The lowest BCUT2D eigenvalue weighted by atomic mass is 10.0. The molecule has 66 valence electrons. The van der Waals surface area contributed by atoms with Crippen molar-refractivity contribution in [2.75, 3.05) is 0 Å². The molecule has 2 aliphatic carbocycles. The number of carbonyl (C=O) groups is 1. The van der Waals surface area contributed by atoms with Crippen molar-refractivity contribution in [3.8, 4) is 0 Å². The van der Waals surface area contributed by atoms with E-state index in [9.17, 15) is 9.18 Å². The van der Waals surface area contributed by atoms with Gasteiger partial charge in [-0.2, -0.15) is 0 Å². The van der Waals surface area contributed by atoms with Crippen LogP contribution in [-0.2, 0) is 10.2 Å². The summed E-state index contributed by atoms with van der Waals surface area (Å²) in [7, 11) is 0. The molecule has 0 N–H and O–H groups in total. The minimum Gasteiger partial charge on any atom is -0.303 e. The van der Waals surface area contributed by atoms with Crippen LogP contribution in [0.25, 0.3) is 0 Å². The van der Waals surface area contributed by atoms with E-state index in [1.807, 2.05) is 0 Å². The number of aldehydes is 1. The van der Waals surface area contributed by atoms with Crippen LogP contribution in [0.4, 0.5) is 4.39 Å². The molecule has 1 aromatic rings. The van der Waals surface area contributed by atoms with E-state index in [1.54, 1.807) is 12.1 Å². The number of benzene rings is 1. The van der Waals surface area contributed by atoms with Gasteiger partial charge < -0.3 is 4.79 Å². The van der Waals surface area contributed by atoms with E-state index in [0.29, 0.717) is 0 Å². The Kier molecular flexibility index (Phi) is 1.02. The van der Waals surface area contributed by atoms with Crippen molar-refractivity contribution in [1.29, 1.82) is 0 Å². The summed E-state index contributed by atoms with van der Waals surface area (Å²) in [5.74, 6) is -0.210. The Hall–Kier alpha value is -1.18. The maximum Gasteiger partial charge on any atom is 0.127 e. The smallest absolute Gasteiger partial charge is 0.127 e. The maximum atomic E-state index is 12.6. The first-order valence-corrected chi connectivity index (χ1v) is 4.45. The zero-order valence-corrected chi connectivity index (χ0v) is 7.09. The van der Waals surface area contributed by atoms with Gasteiger partial charge in [0.25, 0.3) is 0 Å². The van der Waals surface area contributed by atoms with Crippen molar-refractivity contribution in [1.82, 2.24) is 0 Å². The van der Waals surface area contributed by atoms with E-state index in [2.05, 4.69) is 0 Å². The second kappa shape index (κ2) is 1.84. The Morgan fingerprint density at radius 2 is 1.85 bits per heavy atom. The van der Waals surface area contributed by atoms with Crippen LogP contribution in [0.1, 0.15) is 18.4 Å². The first kappa shape index (κ1) is 7.25. The van der Waals surface area contributed by atoms with Crippen molar-refractivity contribution >= 4 is 6.29 Å². The molecule has 0 aromatic heterocycles. The van der Waals surface area contributed by atoms with Gasteiger partial charge in [-0.1, -0.05) is 12.1 Å². The summed E-state index contributed by atoms with van der Waals surface area (Å²) in [5, 5.41) is 0. The van der Waals surface area contributed by atoms with Gasteiger partial charge in [0.15, 0.2) is 0 Å². The van der Waals surface area contributed by atoms with Crippen molar-refractivity contribution < 1.29 is 9.18 Å². The Morgan fingerprint density at radius 3 is 2.31 bits per heavy atom. The molecule has 0 atom stereocenters. The van der Waals surface area contributed by atoms with Gasteiger partial charge in [-0.15, -0.1) is 0 Å². The number of carbonyl (C=O) groups excluding carboxylic acids is 1. The second-order valence-corrected chi connectivity index (χ2v) is 4.22. The summed E-state index contributed by atoms with van der Waals surface area (Å²) in [4.78, 5) is 10.7. The van der Waals surface area contributed by atoms with Gasteiger partial charge in [0, 0.05) is 10.8 Å². The summed E-state index contributed by atoms with van der Waals surface area (Å²) < 4.78 is 12.6. The monoisotopic (exact) mass is 176 g/mol. The summed E-state index contributed by atoms with van der Waals surface area (Å²) in [5.41, 5.74) is 1.19. The first-order valence-electron chi connectivity index (χ1n) is 4.45. The van der Waals surface area contributed by atoms with Gasteiger partial charge in [-0.3, -0.25) is 0 Å². The molecule has 0 saturated heterocycles. The minimum absolute atomic E-state index is 0.0508. The summed E-state index contributed by atoms with van der Waals surface area (Å²) in [6.07, 6.45) is 3.00. The van der Waals surface area contributed by atoms with Crippen molar-refractivity contribution in [2.45, 2.75) is 18.3 Å². The normalized spacial score (nSPS) is 39.5. The molecule has 0 aliphatic heterocycles. The molecule has 2 fully saturated rings. The quantitative estimate of drug-likeness (QED) is 0.630. The predicted molar refractivity (Wildman–Crippen MR) is 45.8 cm³/mol. The average molecular weight is 176 g/mol. The van der Waals surface area contributed by atoms with Crippen LogP contribution in [-0.4, -0.2) is 6.29 Å². The topological polar surface area (TPSA) is 17.1 Å². The van der Waals surface area contributed by atoms with E-state index >= 15 is 0 Å². The lowest BCUT2D eigenvalue weighted by Crippen LogP contribution is -1.92. The van der Waals surface area contributed by atoms with Gasteiger partial charge in [0.1, 0.15) is 12.1 Å². The van der Waals surface area contributed by atoms with E-state index in [4.69, 9.17) is 0 Å². The number of halogens is 1. The zero-order valence-electron chi connectivity index (χ0n) is 7.09. The molecule has 2 aliphatic rings. The van der Waals surface area contributed by atoms with Crippen LogP contribution in [0.2, 0.25) is 0 Å². The fraction of sp³-hybridized carbons (Fsp3) is 0.364. The van der Waals surface area contributed by atoms with E-state index in [-0.39, 0.29) is 16.6 Å². The molecule has 0 heterocycles. The lowest BCUT2D eigenvalue weighted by molar-refractivity contribution is -0.110. The van der Waals surface area contributed by atoms with Crippen molar-refractivity contribution in [2.24, 2.45) is 5.41 Å². The molecule has 2 saturated carbocycles. The number of rotatable bonds is 2. The molecule has 0 radical (unpaired) electrons. The van der Waals surface area contributed by atoms with Gasteiger partial charge in [0.2, 0.25) is 0 Å². The van der Waals surface area contributed by atoms with Gasteiger partial charge in [-0.25, -0.2) is 4.39 Å². The zero-order chi connectivity index (χ0) is 9.10. The molecule has 1 nitrogen and oxygen atoms in total. The third-order valence-corrected chi connectivity index (χ3v) is 3.56. The third kappa shape index (κ3) is 0.694. The third-order valence-electron chi connectivity index (χ3n) is 3.56. The molecule has 13 heavy (non-hydrogen) atoms. The Morgan fingerprint density at radius 1 is 1.23 bits per heavy atom. The Bertz CT molecular complexity index is 374. The molecule has 0 spiro atoms. The fourth-order valence-corrected chi connectivity index (χ4v) is 2.39. The molecule has 3 rings (SSSR count). The highest BCUT2D eigenvalue weighted by Gasteiger charge is 2.83. The summed E-state index contributed by atoms with van der Waals surface area (Å²) in [6.45, 7) is 0. The summed E-state index contributed by atoms with van der Waals surface area (Å²) in [6, 6.07) is 6.54. The Balaban J connectivity index is 1.97. The number of hydrogen-bond donors (Lipinski definition) is 0. The highest BCUT2D eigenvalue weighted by molar-refractivity contribution is 5.79. The average Bonchev–Trinajstić information content (AvgIpc) is 2.91. The van der Waals surface area contributed by atoms with E-state index in [0.717, 1.165) is 24.7 Å². The van der Waals surface area contributed by atoms with Gasteiger partial charge in [-0.05, 0) is 30.5 Å². The molecule has 2 heteroatoms. The maximum absolute atomic E-state index is 12.6. The second-order valence-electron chi connectivity index (χ2n) is 4.22. The van der Waals surface area contributed by atoms with E-state index < -0.39 is 0 Å². The van der Waals surface area contributed by atoms with E-state index in [1.165, 1.54) is 12.1 Å². The highest BCUT2D eigenvalue weighted by atomic mass is 19.1. The lowest BCUT2D eigenvalue weighted by Gasteiger charge is -2.01. The van der Waals surface area contributed by atoms with Gasteiger partial charge >= 0.3 is 0 Å². The number of fused-ring (bicyclic) bond motifs is 1. The van der Waals surface area contributed by atoms with Crippen LogP contribution in [0.3, 0.4) is 0 Å². The largest absolute Gasteiger partial charge is 0.303 e. The molecule has 0 unspecified atom stereocenters. The standard InChI is InChI=1S/C11H9FO/c12-9-3-1-8(2-4-9)11-5-10(11,6-11)7-13/h1-4,7H,5-6H2. The SMILES string of the molecule is O=CC12CC1(c1ccc(F)cc1)C2. The van der Waals surface area contributed by atoms with Crippen LogP contribution in [0.15, 0.2) is 24.3 Å².